The van der Waals surface area contributed by atoms with E-state index in [1.54, 1.807) is 0 Å². The number of azide groups is 1. The average Bonchev–Trinajstić information content (AvgIpc) is 3.65. The van der Waals surface area contributed by atoms with Crippen LogP contribution in [0.1, 0.15) is 43.7 Å². The Kier molecular flexibility index (Phi) is 7.30. The minimum atomic E-state index is -0.317. The molecule has 0 aromatic heterocycles. The van der Waals surface area contributed by atoms with Crippen LogP contribution in [-0.2, 0) is 22.6 Å². The molecule has 1 saturated carbocycles. The topological polar surface area (TPSA) is 87.5 Å². The zero-order valence-electron chi connectivity index (χ0n) is 18.4. The first-order chi connectivity index (χ1) is 15.7. The molecule has 0 N–H and O–H groups in total. The first kappa shape index (κ1) is 22.2. The van der Waals surface area contributed by atoms with E-state index in [2.05, 4.69) is 10.0 Å². The third-order valence-corrected chi connectivity index (χ3v) is 6.36. The van der Waals surface area contributed by atoms with Crippen molar-refractivity contribution >= 4 is 6.09 Å². The third kappa shape index (κ3) is 5.61. The number of amides is 1. The van der Waals surface area contributed by atoms with Crippen LogP contribution >= 0.6 is 0 Å². The lowest BCUT2D eigenvalue weighted by atomic mass is 9.92. The van der Waals surface area contributed by atoms with Gasteiger partial charge >= 0.3 is 6.09 Å². The lowest BCUT2D eigenvalue weighted by Gasteiger charge is -2.41. The first-order valence-electron chi connectivity index (χ1n) is 11.4. The van der Waals surface area contributed by atoms with Gasteiger partial charge in [-0.05, 0) is 55.2 Å². The molecule has 1 saturated heterocycles. The number of carbonyl (C=O) groups excluding carboxylic acids is 1. The number of rotatable bonds is 8. The largest absolute Gasteiger partial charge is 0.445 e. The van der Waals surface area contributed by atoms with E-state index >= 15 is 0 Å². The van der Waals surface area contributed by atoms with Crippen LogP contribution in [0.4, 0.5) is 4.79 Å². The molecule has 32 heavy (non-hydrogen) atoms. The highest BCUT2D eigenvalue weighted by Gasteiger charge is 2.45. The summed E-state index contributed by atoms with van der Waals surface area (Å²) < 4.78 is 12.1. The summed E-state index contributed by atoms with van der Waals surface area (Å²) in [6.45, 7) is 2.66. The number of hydrogen-bond acceptors (Lipinski definition) is 4. The van der Waals surface area contributed by atoms with Crippen LogP contribution in [0.25, 0.3) is 10.4 Å². The Bertz CT molecular complexity index is 929. The molecule has 1 amide bonds. The van der Waals surface area contributed by atoms with E-state index in [-0.39, 0.29) is 37.0 Å². The molecule has 7 nitrogen and oxygen atoms in total. The second kappa shape index (κ2) is 10.5. The van der Waals surface area contributed by atoms with E-state index < -0.39 is 0 Å². The van der Waals surface area contributed by atoms with E-state index in [0.717, 1.165) is 36.8 Å². The fourth-order valence-corrected chi connectivity index (χ4v) is 4.54. The molecule has 0 bridgehead atoms. The van der Waals surface area contributed by atoms with Gasteiger partial charge in [-0.25, -0.2) is 4.79 Å². The van der Waals surface area contributed by atoms with Gasteiger partial charge in [0.05, 0.1) is 24.3 Å². The lowest BCUT2D eigenvalue weighted by Crippen LogP contribution is -2.52. The predicted octanol–water partition coefficient (Wildman–Crippen LogP) is 5.85. The highest BCUT2D eigenvalue weighted by molar-refractivity contribution is 5.68. The van der Waals surface area contributed by atoms with Gasteiger partial charge in [-0.2, -0.15) is 0 Å². The van der Waals surface area contributed by atoms with Crippen LogP contribution in [0, 0.1) is 5.92 Å². The average molecular weight is 435 g/mol. The summed E-state index contributed by atoms with van der Waals surface area (Å²) in [5, 5.41) is 3.88. The van der Waals surface area contributed by atoms with E-state index in [1.807, 2.05) is 72.5 Å². The van der Waals surface area contributed by atoms with E-state index in [9.17, 15) is 4.79 Å². The molecule has 7 heteroatoms. The van der Waals surface area contributed by atoms with Crippen molar-refractivity contribution in [1.29, 1.82) is 0 Å². The molecule has 1 aliphatic heterocycles. The monoisotopic (exact) mass is 434 g/mol. The Balaban J connectivity index is 1.53. The zero-order valence-corrected chi connectivity index (χ0v) is 18.4. The molecule has 4 atom stereocenters. The number of ether oxygens (including phenoxy) is 2. The van der Waals surface area contributed by atoms with Crippen LogP contribution in [0.3, 0.4) is 0 Å². The van der Waals surface area contributed by atoms with Crippen molar-refractivity contribution in [1.82, 2.24) is 4.90 Å². The molecular weight excluding hydrogens is 404 g/mol. The van der Waals surface area contributed by atoms with Gasteiger partial charge in [-0.15, -0.1) is 0 Å². The molecule has 168 valence electrons. The minimum Gasteiger partial charge on any atom is -0.445 e. The minimum absolute atomic E-state index is 0.0621. The summed E-state index contributed by atoms with van der Waals surface area (Å²) in [6.07, 6.45) is 3.08. The quantitative estimate of drug-likeness (QED) is 0.296. The summed E-state index contributed by atoms with van der Waals surface area (Å²) in [7, 11) is 0. The Morgan fingerprint density at radius 3 is 2.34 bits per heavy atom. The van der Waals surface area contributed by atoms with Crippen LogP contribution in [0.15, 0.2) is 65.8 Å². The van der Waals surface area contributed by atoms with Crippen molar-refractivity contribution in [3.05, 3.63) is 82.2 Å². The SMILES string of the molecule is CC1OC(C(C2CC2)N(Cc2ccccc2)C(=O)OCc2ccccc2)CCC1N=[N+]=[N-]. The Morgan fingerprint density at radius 2 is 1.75 bits per heavy atom. The molecule has 0 radical (unpaired) electrons. The van der Waals surface area contributed by atoms with E-state index in [4.69, 9.17) is 15.0 Å². The normalized spacial score (nSPS) is 23.6. The third-order valence-electron chi connectivity index (χ3n) is 6.36. The number of carbonyl (C=O) groups is 1. The molecule has 2 aliphatic rings. The molecule has 4 unspecified atom stereocenters. The van der Waals surface area contributed by atoms with Crippen molar-refractivity contribution in [2.24, 2.45) is 11.0 Å². The van der Waals surface area contributed by atoms with Gasteiger partial charge < -0.3 is 9.47 Å². The molecule has 1 heterocycles. The summed E-state index contributed by atoms with van der Waals surface area (Å²) in [5.41, 5.74) is 10.8. The van der Waals surface area contributed by atoms with Gasteiger partial charge in [0.2, 0.25) is 0 Å². The van der Waals surface area contributed by atoms with Gasteiger partial charge in [0.1, 0.15) is 6.61 Å². The second-order valence-electron chi connectivity index (χ2n) is 8.71. The van der Waals surface area contributed by atoms with Crippen LogP contribution < -0.4 is 0 Å². The number of benzene rings is 2. The fraction of sp³-hybridized carbons (Fsp3) is 0.480. The second-order valence-corrected chi connectivity index (χ2v) is 8.71. The Labute approximate surface area is 189 Å². The van der Waals surface area contributed by atoms with Gasteiger partial charge in [0.25, 0.3) is 0 Å². The lowest BCUT2D eigenvalue weighted by molar-refractivity contribution is -0.0938. The first-order valence-corrected chi connectivity index (χ1v) is 11.4. The van der Waals surface area contributed by atoms with Crippen molar-refractivity contribution < 1.29 is 14.3 Å². The van der Waals surface area contributed by atoms with Crippen LogP contribution in [-0.4, -0.2) is 35.3 Å². The summed E-state index contributed by atoms with van der Waals surface area (Å²) in [6, 6.07) is 19.5. The van der Waals surface area contributed by atoms with Crippen LogP contribution in [0.5, 0.6) is 0 Å². The molecule has 4 rings (SSSR count). The Morgan fingerprint density at radius 1 is 1.09 bits per heavy atom. The van der Waals surface area contributed by atoms with Crippen molar-refractivity contribution in [2.75, 3.05) is 0 Å². The highest BCUT2D eigenvalue weighted by atomic mass is 16.6. The standard InChI is InChI=1S/C25H30N4O3/c1-18-22(27-28-26)14-15-23(32-18)24(21-12-13-21)29(16-19-8-4-2-5-9-19)25(30)31-17-20-10-6-3-7-11-20/h2-11,18,21-24H,12-17H2,1H3. The van der Waals surface area contributed by atoms with E-state index in [0.29, 0.717) is 12.5 Å². The molecule has 0 spiro atoms. The van der Waals surface area contributed by atoms with Gasteiger partial charge in [-0.3, -0.25) is 4.90 Å². The van der Waals surface area contributed by atoms with Crippen molar-refractivity contribution in [2.45, 2.75) is 70.1 Å². The summed E-state index contributed by atoms with van der Waals surface area (Å²) in [4.78, 5) is 18.2. The van der Waals surface area contributed by atoms with Crippen molar-refractivity contribution in [3.8, 4) is 0 Å². The maximum Gasteiger partial charge on any atom is 0.410 e. The summed E-state index contributed by atoms with van der Waals surface area (Å²) >= 11 is 0. The number of nitrogens with zero attached hydrogens (tertiary/aromatic N) is 4. The van der Waals surface area contributed by atoms with E-state index in [1.165, 1.54) is 0 Å². The predicted molar refractivity (Wildman–Crippen MR) is 122 cm³/mol. The van der Waals surface area contributed by atoms with Gasteiger partial charge in [0.15, 0.2) is 0 Å². The molecule has 2 aromatic rings. The summed E-state index contributed by atoms with van der Waals surface area (Å²) in [5.74, 6) is 0.399. The Hall–Kier alpha value is -3.02. The van der Waals surface area contributed by atoms with Crippen LogP contribution in [0.2, 0.25) is 0 Å². The van der Waals surface area contributed by atoms with Gasteiger partial charge in [-0.1, -0.05) is 65.8 Å². The fourth-order valence-electron chi connectivity index (χ4n) is 4.54. The molecular formula is C25H30N4O3. The number of hydrogen-bond donors (Lipinski definition) is 0. The molecule has 1 aliphatic carbocycles. The maximum absolute atomic E-state index is 13.4. The molecule has 2 aromatic carbocycles. The molecule has 2 fully saturated rings. The van der Waals surface area contributed by atoms with Crippen molar-refractivity contribution in [3.63, 3.8) is 0 Å². The maximum atomic E-state index is 13.4. The zero-order chi connectivity index (χ0) is 22.3. The van der Waals surface area contributed by atoms with Gasteiger partial charge in [0, 0.05) is 11.5 Å². The smallest absolute Gasteiger partial charge is 0.410 e. The highest BCUT2D eigenvalue weighted by Crippen LogP contribution is 2.41.